The predicted molar refractivity (Wildman–Crippen MR) is 214 cm³/mol. The lowest BCUT2D eigenvalue weighted by atomic mass is 9.94. The number of aliphatic hydroxyl groups is 1. The molecule has 2 amide bonds. The smallest absolute Gasteiger partial charge is 0.239 e. The summed E-state index contributed by atoms with van der Waals surface area (Å²) in [4.78, 5) is 30.9. The molecule has 5 N–H and O–H groups in total. The first-order valence-electron chi connectivity index (χ1n) is 18.3. The molecule has 0 saturated carbocycles. The van der Waals surface area contributed by atoms with E-state index >= 15 is 0 Å². The SMILES string of the molecule is CC.CC(C)CN(CC(O)C(Cc1ccccc1)NC(=O)CNC(=O)CNC(C)(C)c1ccccc1)N(O)Sc1ccc2ncccc2c1.CCC. The zero-order valence-electron chi connectivity index (χ0n) is 32.2. The van der Waals surface area contributed by atoms with E-state index in [2.05, 4.69) is 34.8 Å². The number of amides is 2. The van der Waals surface area contributed by atoms with Crippen LogP contribution in [0.4, 0.5) is 0 Å². The van der Waals surface area contributed by atoms with Crippen LogP contribution in [0.3, 0.4) is 0 Å². The average Bonchev–Trinajstić information content (AvgIpc) is 3.14. The third-order valence-electron chi connectivity index (χ3n) is 7.72. The van der Waals surface area contributed by atoms with Crippen molar-refractivity contribution < 1.29 is 19.9 Å². The Morgan fingerprint density at radius 1 is 0.865 bits per heavy atom. The summed E-state index contributed by atoms with van der Waals surface area (Å²) in [5.41, 5.74) is 2.41. The Hall–Kier alpha value is -3.84. The lowest BCUT2D eigenvalue weighted by Crippen LogP contribution is -2.54. The second kappa shape index (κ2) is 23.7. The van der Waals surface area contributed by atoms with Crippen LogP contribution in [0.5, 0.6) is 0 Å². The number of rotatable bonds is 17. The summed E-state index contributed by atoms with van der Waals surface area (Å²) >= 11 is 1.13. The first-order valence-corrected chi connectivity index (χ1v) is 19.0. The molecule has 0 bridgehead atoms. The molecule has 0 radical (unpaired) electrons. The Balaban J connectivity index is 0.00000178. The van der Waals surface area contributed by atoms with Gasteiger partial charge in [-0.05, 0) is 61.6 Å². The van der Waals surface area contributed by atoms with Crippen LogP contribution < -0.4 is 16.0 Å². The number of hydrogen-bond acceptors (Lipinski definition) is 9. The minimum atomic E-state index is -1.04. The molecule has 2 unspecified atom stereocenters. The van der Waals surface area contributed by atoms with Crippen molar-refractivity contribution in [1.29, 1.82) is 0 Å². The van der Waals surface area contributed by atoms with Gasteiger partial charge >= 0.3 is 0 Å². The minimum Gasteiger partial charge on any atom is -0.390 e. The Bertz CT molecular complexity index is 1590. The van der Waals surface area contributed by atoms with Gasteiger partial charge in [-0.2, -0.15) is 0 Å². The Morgan fingerprint density at radius 3 is 2.13 bits per heavy atom. The standard InChI is InChI=1S/C36H46N6O4S.C3H8.C2H6/c1-26(2)24-41(42(46)47-30-17-18-31-28(21-30)14-11-19-37-31)25-33(43)32(20-27-12-7-5-8-13-27)40-35(45)22-38-34(44)23-39-36(3,4)29-15-9-6-10-16-29;1-3-2;1-2/h5-19,21,26,32-33,39,43,46H,20,22-25H2,1-4H3,(H,38,44)(H,40,45);3H2,1-2H3;1-2H3. The Morgan fingerprint density at radius 2 is 1.50 bits per heavy atom. The summed E-state index contributed by atoms with van der Waals surface area (Å²) in [5, 5.41) is 34.1. The molecule has 0 aliphatic heterocycles. The lowest BCUT2D eigenvalue weighted by molar-refractivity contribution is -0.174. The zero-order valence-corrected chi connectivity index (χ0v) is 33.0. The van der Waals surface area contributed by atoms with Crippen molar-refractivity contribution in [3.8, 4) is 0 Å². The van der Waals surface area contributed by atoms with Crippen molar-refractivity contribution in [2.45, 2.75) is 90.8 Å². The van der Waals surface area contributed by atoms with Crippen molar-refractivity contribution >= 4 is 34.7 Å². The van der Waals surface area contributed by atoms with Gasteiger partial charge in [-0.3, -0.25) is 25.1 Å². The maximum Gasteiger partial charge on any atom is 0.239 e. The highest BCUT2D eigenvalue weighted by atomic mass is 32.2. The summed E-state index contributed by atoms with van der Waals surface area (Å²) < 4.78 is 1.05. The molecule has 0 aliphatic carbocycles. The summed E-state index contributed by atoms with van der Waals surface area (Å²) in [6, 6.07) is 28.3. The molecular formula is C41H60N6O4S. The van der Waals surface area contributed by atoms with E-state index in [1.807, 2.05) is 133 Å². The molecule has 4 rings (SSSR count). The highest BCUT2D eigenvalue weighted by molar-refractivity contribution is 7.96. The van der Waals surface area contributed by atoms with Crippen LogP contribution in [-0.2, 0) is 21.5 Å². The molecule has 0 aliphatic rings. The van der Waals surface area contributed by atoms with Crippen molar-refractivity contribution in [3.05, 3.63) is 108 Å². The number of nitrogens with zero attached hydrogens (tertiary/aromatic N) is 3. The molecule has 1 heterocycles. The van der Waals surface area contributed by atoms with E-state index in [0.717, 1.165) is 43.5 Å². The molecule has 284 valence electrons. The van der Waals surface area contributed by atoms with E-state index in [1.165, 1.54) is 6.42 Å². The van der Waals surface area contributed by atoms with E-state index in [0.29, 0.717) is 13.0 Å². The van der Waals surface area contributed by atoms with Gasteiger partial charge in [-0.15, -0.1) is 0 Å². The fourth-order valence-corrected chi connectivity index (χ4v) is 5.90. The molecule has 0 spiro atoms. The van der Waals surface area contributed by atoms with Gasteiger partial charge in [0.25, 0.3) is 0 Å². The fourth-order valence-electron chi connectivity index (χ4n) is 5.15. The second-order valence-electron chi connectivity index (χ2n) is 13.2. The minimum absolute atomic E-state index is 0.0348. The van der Waals surface area contributed by atoms with Crippen LogP contribution >= 0.6 is 11.9 Å². The number of nitrogens with one attached hydrogen (secondary N) is 3. The van der Waals surface area contributed by atoms with Gasteiger partial charge in [0.1, 0.15) is 0 Å². The maximum atomic E-state index is 13.1. The summed E-state index contributed by atoms with van der Waals surface area (Å²) in [6.45, 7) is 16.6. The van der Waals surface area contributed by atoms with Crippen molar-refractivity contribution in [2.24, 2.45) is 5.92 Å². The molecule has 52 heavy (non-hydrogen) atoms. The molecule has 10 nitrogen and oxygen atoms in total. The van der Waals surface area contributed by atoms with Gasteiger partial charge in [0.15, 0.2) is 0 Å². The first kappa shape index (κ1) is 44.3. The zero-order chi connectivity index (χ0) is 38.5. The van der Waals surface area contributed by atoms with Gasteiger partial charge in [0.2, 0.25) is 11.8 Å². The number of hydrazine groups is 1. The number of fused-ring (bicyclic) bond motifs is 1. The van der Waals surface area contributed by atoms with Gasteiger partial charge in [-0.1, -0.05) is 119 Å². The van der Waals surface area contributed by atoms with Crippen LogP contribution in [0.15, 0.2) is 102 Å². The number of carbonyl (C=O) groups is 2. The molecular weight excluding hydrogens is 673 g/mol. The monoisotopic (exact) mass is 732 g/mol. The Labute approximate surface area is 315 Å². The highest BCUT2D eigenvalue weighted by Crippen LogP contribution is 2.27. The number of hydrogen-bond donors (Lipinski definition) is 5. The summed E-state index contributed by atoms with van der Waals surface area (Å²) in [6.07, 6.45) is 2.31. The number of benzene rings is 3. The summed E-state index contributed by atoms with van der Waals surface area (Å²) in [5.74, 6) is -0.558. The van der Waals surface area contributed by atoms with Crippen molar-refractivity contribution in [2.75, 3.05) is 26.2 Å². The fraction of sp³-hybridized carbons (Fsp3) is 0.439. The predicted octanol–water partition coefficient (Wildman–Crippen LogP) is 6.98. The van der Waals surface area contributed by atoms with E-state index in [-0.39, 0.29) is 31.5 Å². The quantitative estimate of drug-likeness (QED) is 0.0577. The van der Waals surface area contributed by atoms with Crippen LogP contribution in [0.2, 0.25) is 0 Å². The number of aliphatic hydroxyl groups excluding tert-OH is 1. The second-order valence-corrected chi connectivity index (χ2v) is 14.2. The van der Waals surface area contributed by atoms with Gasteiger partial charge in [0, 0.05) is 47.1 Å². The highest BCUT2D eigenvalue weighted by Gasteiger charge is 2.28. The molecule has 1 aromatic heterocycles. The lowest BCUT2D eigenvalue weighted by Gasteiger charge is -2.34. The number of carbonyl (C=O) groups excluding carboxylic acids is 2. The molecule has 2 atom stereocenters. The van der Waals surface area contributed by atoms with E-state index in [4.69, 9.17) is 0 Å². The van der Waals surface area contributed by atoms with Crippen LogP contribution in [0.25, 0.3) is 10.9 Å². The van der Waals surface area contributed by atoms with Gasteiger partial charge in [0.05, 0.1) is 30.8 Å². The molecule has 0 saturated heterocycles. The van der Waals surface area contributed by atoms with E-state index < -0.39 is 23.6 Å². The summed E-state index contributed by atoms with van der Waals surface area (Å²) in [7, 11) is 0. The van der Waals surface area contributed by atoms with Crippen LogP contribution in [0, 0.1) is 5.92 Å². The first-order chi connectivity index (χ1) is 24.9. The van der Waals surface area contributed by atoms with Crippen molar-refractivity contribution in [1.82, 2.24) is 30.5 Å². The largest absolute Gasteiger partial charge is 0.390 e. The third-order valence-corrected chi connectivity index (χ3v) is 8.58. The average molecular weight is 733 g/mol. The molecule has 11 heteroatoms. The Kier molecular flexibility index (Phi) is 20.2. The van der Waals surface area contributed by atoms with Gasteiger partial charge in [-0.25, -0.2) is 5.01 Å². The molecule has 4 aromatic rings. The van der Waals surface area contributed by atoms with Crippen LogP contribution in [-0.4, -0.2) is 75.0 Å². The topological polar surface area (TPSA) is 130 Å². The maximum absolute atomic E-state index is 13.1. The van der Waals surface area contributed by atoms with Gasteiger partial charge < -0.3 is 15.7 Å². The van der Waals surface area contributed by atoms with E-state index in [9.17, 15) is 19.9 Å². The van der Waals surface area contributed by atoms with Crippen molar-refractivity contribution in [3.63, 3.8) is 0 Å². The molecule has 3 aromatic carbocycles. The third kappa shape index (κ3) is 15.8. The normalized spacial score (nSPS) is 12.4. The number of aromatic nitrogens is 1. The molecule has 0 fully saturated rings. The van der Waals surface area contributed by atoms with E-state index in [1.54, 1.807) is 11.2 Å². The van der Waals surface area contributed by atoms with Crippen LogP contribution in [0.1, 0.15) is 72.9 Å². The number of pyridine rings is 1.